The first-order chi connectivity index (χ1) is 36.6. The fourth-order valence-electron chi connectivity index (χ4n) is 8.80. The van der Waals surface area contributed by atoms with Crippen molar-refractivity contribution in [2.24, 2.45) is 0 Å². The number of carbonyl (C=O) groups excluding carboxylic acids is 4. The molecule has 7 rings (SSSR count). The molecular formula is C55H67FN6O13S. The van der Waals surface area contributed by atoms with Gasteiger partial charge >= 0.3 is 5.97 Å². The summed E-state index contributed by atoms with van der Waals surface area (Å²) < 4.78 is 76.6. The van der Waals surface area contributed by atoms with Gasteiger partial charge in [0.05, 0.1) is 80.8 Å². The molecule has 0 unspecified atom stereocenters. The molecule has 19 nitrogen and oxygen atoms in total. The summed E-state index contributed by atoms with van der Waals surface area (Å²) in [7, 11) is -3.76. The van der Waals surface area contributed by atoms with Gasteiger partial charge in [0, 0.05) is 56.6 Å². The Balaban J connectivity index is 0.672. The van der Waals surface area contributed by atoms with Crippen LogP contribution in [0.3, 0.4) is 0 Å². The number of aromatic nitrogens is 2. The molecule has 2 aliphatic heterocycles. The third-order valence-corrected chi connectivity index (χ3v) is 14.7. The third-order valence-electron chi connectivity index (χ3n) is 12.8. The van der Waals surface area contributed by atoms with E-state index >= 15 is 0 Å². The third kappa shape index (κ3) is 16.4. The second-order valence-electron chi connectivity index (χ2n) is 19.3. The number of nitrogens with one attached hydrogen (secondary N) is 2. The van der Waals surface area contributed by atoms with Crippen LogP contribution in [-0.2, 0) is 49.7 Å². The monoisotopic (exact) mass is 1070 g/mol. The van der Waals surface area contributed by atoms with Crippen molar-refractivity contribution < 1.29 is 60.4 Å². The number of rotatable bonds is 25. The molecule has 2 N–H and O–H groups in total. The van der Waals surface area contributed by atoms with Gasteiger partial charge < -0.3 is 43.5 Å². The second kappa shape index (κ2) is 27.4. The molecule has 0 saturated carbocycles. The van der Waals surface area contributed by atoms with Crippen LogP contribution in [-0.4, -0.2) is 167 Å². The minimum atomic E-state index is -3.76. The van der Waals surface area contributed by atoms with Crippen molar-refractivity contribution in [2.75, 3.05) is 105 Å². The van der Waals surface area contributed by atoms with Crippen LogP contribution < -0.4 is 15.6 Å². The summed E-state index contributed by atoms with van der Waals surface area (Å²) in [5.41, 5.74) is 1.60. The molecule has 2 fully saturated rings. The van der Waals surface area contributed by atoms with Crippen LogP contribution in [0.25, 0.3) is 10.8 Å². The van der Waals surface area contributed by atoms with E-state index in [1.165, 1.54) is 40.7 Å². The zero-order valence-corrected chi connectivity index (χ0v) is 44.1. The van der Waals surface area contributed by atoms with E-state index in [2.05, 4.69) is 15.5 Å². The number of piperidine rings is 1. The number of ether oxygens (including phenoxy) is 6. The Morgan fingerprint density at radius 3 is 1.95 bits per heavy atom. The Labute approximate surface area is 442 Å². The van der Waals surface area contributed by atoms with E-state index in [0.29, 0.717) is 126 Å². The van der Waals surface area contributed by atoms with Crippen molar-refractivity contribution >= 4 is 44.5 Å². The van der Waals surface area contributed by atoms with Crippen molar-refractivity contribution in [1.29, 1.82) is 0 Å². The Morgan fingerprint density at radius 2 is 1.32 bits per heavy atom. The predicted octanol–water partition coefficient (Wildman–Crippen LogP) is 5.11. The number of aromatic amines is 1. The number of sulfonamides is 1. The van der Waals surface area contributed by atoms with E-state index in [4.69, 9.17) is 28.4 Å². The standard InChI is InChI=1S/C55H67FN6O13S/c1-55(2,3)75-51(64)38-57-52(65)42-11-15-44(16-12-42)76(68,69)62-21-18-41(19-22-62)40-9-13-43(14-10-40)74-35-34-73-33-32-72-31-30-71-29-28-70-27-20-50(63)60-23-25-61(26-24-60)54(67)47-36-39(8-17-48(47)56)37-49-45-6-4-5-7-46(45)53(66)59-58-49/h4-17,36,41H,18-35,37-38H2,1-3H3,(H,57,65)(H,59,66). The quantitative estimate of drug-likeness (QED) is 0.0573. The highest BCUT2D eigenvalue weighted by atomic mass is 32.2. The SMILES string of the molecule is CC(C)(C)OC(=O)CNC(=O)c1ccc(S(=O)(=O)N2CCC(c3ccc(OCCOCCOCCOCCOCCC(=O)N4CCN(C(=O)c5cc(Cc6n[nH]c(=O)c7ccccc67)ccc5F)CC4)cc3)CC2)cc1. The number of esters is 1. The molecule has 0 aliphatic carbocycles. The van der Waals surface area contributed by atoms with Gasteiger partial charge in [-0.2, -0.15) is 9.40 Å². The lowest BCUT2D eigenvalue weighted by molar-refractivity contribution is -0.153. The van der Waals surface area contributed by atoms with Crippen LogP contribution in [0.15, 0.2) is 101 Å². The zero-order chi connectivity index (χ0) is 54.1. The average Bonchev–Trinajstić information content (AvgIpc) is 3.42. The van der Waals surface area contributed by atoms with E-state index in [-0.39, 0.29) is 66.1 Å². The molecule has 2 saturated heterocycles. The topological polar surface area (TPSA) is 225 Å². The van der Waals surface area contributed by atoms with Gasteiger partial charge in [-0.1, -0.05) is 36.4 Å². The lowest BCUT2D eigenvalue weighted by Crippen LogP contribution is -2.50. The van der Waals surface area contributed by atoms with Gasteiger partial charge in [0.1, 0.15) is 30.3 Å². The molecule has 3 heterocycles. The van der Waals surface area contributed by atoms with E-state index in [0.717, 1.165) is 5.56 Å². The fraction of sp³-hybridized carbons (Fsp3) is 0.455. The Hall–Kier alpha value is -6.62. The zero-order valence-electron chi connectivity index (χ0n) is 43.3. The number of H-pyrrole nitrogens is 1. The molecule has 76 heavy (non-hydrogen) atoms. The minimum Gasteiger partial charge on any atom is -0.491 e. The molecule has 0 bridgehead atoms. The number of benzene rings is 4. The number of nitrogens with zero attached hydrogens (tertiary/aromatic N) is 4. The van der Waals surface area contributed by atoms with Crippen molar-refractivity contribution in [3.63, 3.8) is 0 Å². The minimum absolute atomic E-state index is 0.0530. The maximum Gasteiger partial charge on any atom is 0.325 e. The van der Waals surface area contributed by atoms with Crippen LogP contribution in [0.2, 0.25) is 0 Å². The Kier molecular flexibility index (Phi) is 20.6. The van der Waals surface area contributed by atoms with Gasteiger partial charge in [-0.3, -0.25) is 24.0 Å². The molecule has 21 heteroatoms. The van der Waals surface area contributed by atoms with Gasteiger partial charge in [0.2, 0.25) is 15.9 Å². The Morgan fingerprint density at radius 1 is 0.724 bits per heavy atom. The summed E-state index contributed by atoms with van der Waals surface area (Å²) in [6.07, 6.45) is 1.79. The predicted molar refractivity (Wildman–Crippen MR) is 279 cm³/mol. The highest BCUT2D eigenvalue weighted by Crippen LogP contribution is 2.32. The van der Waals surface area contributed by atoms with Crippen LogP contribution in [0.5, 0.6) is 5.75 Å². The van der Waals surface area contributed by atoms with E-state index in [1.807, 2.05) is 30.3 Å². The lowest BCUT2D eigenvalue weighted by atomic mass is 9.90. The summed E-state index contributed by atoms with van der Waals surface area (Å²) in [6, 6.07) is 25.0. The number of fused-ring (bicyclic) bond motifs is 1. The molecule has 1 aromatic heterocycles. The summed E-state index contributed by atoms with van der Waals surface area (Å²) in [6.45, 7) is 9.98. The smallest absolute Gasteiger partial charge is 0.325 e. The molecule has 2 aliphatic rings. The normalized spacial score (nSPS) is 14.7. The van der Waals surface area contributed by atoms with E-state index in [1.54, 1.807) is 54.8 Å². The molecule has 4 aromatic carbocycles. The largest absolute Gasteiger partial charge is 0.491 e. The molecule has 0 atom stereocenters. The molecule has 3 amide bonds. The van der Waals surface area contributed by atoms with Crippen LogP contribution in [0, 0.1) is 5.82 Å². The molecule has 408 valence electrons. The number of hydrogen-bond acceptors (Lipinski definition) is 14. The van der Waals surface area contributed by atoms with Gasteiger partial charge in [-0.05, 0) is 105 Å². The number of halogens is 1. The summed E-state index contributed by atoms with van der Waals surface area (Å²) in [4.78, 5) is 66.2. The highest BCUT2D eigenvalue weighted by Gasteiger charge is 2.31. The molecule has 5 aromatic rings. The molecular weight excluding hydrogens is 1000 g/mol. The summed E-state index contributed by atoms with van der Waals surface area (Å²) >= 11 is 0. The van der Waals surface area contributed by atoms with E-state index < -0.39 is 39.2 Å². The fourth-order valence-corrected chi connectivity index (χ4v) is 10.3. The van der Waals surface area contributed by atoms with Gasteiger partial charge in [-0.15, -0.1) is 0 Å². The maximum absolute atomic E-state index is 14.9. The van der Waals surface area contributed by atoms with E-state index in [9.17, 15) is 36.8 Å². The number of piperazine rings is 1. The maximum atomic E-state index is 14.9. The molecule has 0 spiro atoms. The van der Waals surface area contributed by atoms with Gasteiger partial charge in [-0.25, -0.2) is 17.9 Å². The number of carbonyl (C=O) groups is 4. The van der Waals surface area contributed by atoms with Gasteiger partial charge in [0.25, 0.3) is 17.4 Å². The van der Waals surface area contributed by atoms with Crippen molar-refractivity contribution in [1.82, 2.24) is 29.6 Å². The second-order valence-corrected chi connectivity index (χ2v) is 21.2. The van der Waals surface area contributed by atoms with Crippen molar-refractivity contribution in [3.8, 4) is 5.75 Å². The highest BCUT2D eigenvalue weighted by molar-refractivity contribution is 7.89. The summed E-state index contributed by atoms with van der Waals surface area (Å²) in [5, 5.41) is 10.4. The van der Waals surface area contributed by atoms with Crippen molar-refractivity contribution in [2.45, 2.75) is 62.9 Å². The van der Waals surface area contributed by atoms with Crippen LogP contribution in [0.4, 0.5) is 4.39 Å². The first-order valence-corrected chi connectivity index (χ1v) is 27.0. The van der Waals surface area contributed by atoms with Crippen LogP contribution in [0.1, 0.15) is 83.5 Å². The van der Waals surface area contributed by atoms with Crippen molar-refractivity contribution in [3.05, 3.63) is 135 Å². The van der Waals surface area contributed by atoms with Crippen LogP contribution >= 0.6 is 0 Å². The molecule has 0 radical (unpaired) electrons. The number of amides is 3. The Bertz CT molecular complexity index is 2920. The lowest BCUT2D eigenvalue weighted by Gasteiger charge is -2.35. The van der Waals surface area contributed by atoms with Gasteiger partial charge in [0.15, 0.2) is 0 Å². The summed E-state index contributed by atoms with van der Waals surface area (Å²) in [5.74, 6) is -1.34. The average molecular weight is 1070 g/mol. The first kappa shape index (κ1) is 57.1. The first-order valence-electron chi connectivity index (χ1n) is 25.5. The number of hydrogen-bond donors (Lipinski definition) is 2.